The fourth-order valence-electron chi connectivity index (χ4n) is 10.8. The van der Waals surface area contributed by atoms with Gasteiger partial charge in [0.2, 0.25) is 0 Å². The minimum atomic E-state index is -0.568. The van der Waals surface area contributed by atoms with Crippen LogP contribution in [-0.4, -0.2) is 0 Å². The molecule has 0 saturated heterocycles. The molecule has 1 N–H and O–H groups in total. The lowest BCUT2D eigenvalue weighted by atomic mass is 9.65. The Morgan fingerprint density at radius 1 is 0.354 bits per heavy atom. The van der Waals surface area contributed by atoms with Crippen molar-refractivity contribution < 1.29 is 0 Å². The maximum atomic E-state index is 4.12. The summed E-state index contributed by atoms with van der Waals surface area (Å²) in [4.78, 5) is 0. The van der Waals surface area contributed by atoms with E-state index >= 15 is 0 Å². The minimum absolute atomic E-state index is 0.129. The van der Waals surface area contributed by atoms with Gasteiger partial charge in [-0.1, -0.05) is 242 Å². The Balaban J connectivity index is 1.17. The highest BCUT2D eigenvalue weighted by atomic mass is 14.9. The maximum Gasteiger partial charge on any atom is 0.0707 e. The molecule has 10 rings (SSSR count). The first-order valence-electron chi connectivity index (χ1n) is 22.8. The van der Waals surface area contributed by atoms with E-state index in [9.17, 15) is 0 Å². The highest BCUT2D eigenvalue weighted by Crippen LogP contribution is 2.48. The fourth-order valence-corrected chi connectivity index (χ4v) is 10.8. The van der Waals surface area contributed by atoms with Crippen LogP contribution in [0.3, 0.4) is 0 Å². The first-order valence-corrected chi connectivity index (χ1v) is 22.8. The normalized spacial score (nSPS) is 13.9. The van der Waals surface area contributed by atoms with Crippen LogP contribution in [0.15, 0.2) is 255 Å². The maximum absolute atomic E-state index is 4.12. The molecule has 1 heterocycles. The van der Waals surface area contributed by atoms with Crippen LogP contribution in [0.1, 0.15) is 83.9 Å². The molecule has 0 bridgehead atoms. The molecule has 0 saturated carbocycles. The SMILES string of the molecule is Cc1cc(C)c(C2=CC(c3cccc(C(c4ccccc4)(c4ccccc4)c4ccccc4)c3)NC(c3cccc(C(c4ccccc4)(c4ccccc4)c4ccccc4)c3)=C2)c(C)c1. The van der Waals surface area contributed by atoms with Gasteiger partial charge in [0, 0.05) is 5.70 Å². The van der Waals surface area contributed by atoms with E-state index in [0.29, 0.717) is 0 Å². The molecule has 1 heteroatoms. The number of hydrogen-bond acceptors (Lipinski definition) is 1. The van der Waals surface area contributed by atoms with Gasteiger partial charge in [0.1, 0.15) is 0 Å². The molecular formula is C64H53N. The van der Waals surface area contributed by atoms with Crippen molar-refractivity contribution in [3.63, 3.8) is 0 Å². The van der Waals surface area contributed by atoms with Crippen molar-refractivity contribution in [2.75, 3.05) is 0 Å². The number of hydrogen-bond donors (Lipinski definition) is 1. The Bertz CT molecular complexity index is 2900. The van der Waals surface area contributed by atoms with E-state index in [0.717, 1.165) is 11.3 Å². The molecular weight excluding hydrogens is 783 g/mol. The summed E-state index contributed by atoms with van der Waals surface area (Å²) in [7, 11) is 0. The van der Waals surface area contributed by atoms with Gasteiger partial charge in [0.15, 0.2) is 0 Å². The Kier molecular flexibility index (Phi) is 11.3. The van der Waals surface area contributed by atoms with Gasteiger partial charge >= 0.3 is 0 Å². The van der Waals surface area contributed by atoms with Crippen LogP contribution in [-0.2, 0) is 10.8 Å². The summed E-state index contributed by atoms with van der Waals surface area (Å²) in [6.07, 6.45) is 4.82. The molecule has 0 fully saturated rings. The van der Waals surface area contributed by atoms with Crippen molar-refractivity contribution in [3.8, 4) is 0 Å². The highest BCUT2D eigenvalue weighted by Gasteiger charge is 2.40. The summed E-state index contributed by atoms with van der Waals surface area (Å²) >= 11 is 0. The molecule has 0 radical (unpaired) electrons. The molecule has 1 atom stereocenters. The molecule has 1 aliphatic heterocycles. The molecule has 314 valence electrons. The van der Waals surface area contributed by atoms with E-state index in [-0.39, 0.29) is 6.04 Å². The number of aryl methyl sites for hydroxylation is 3. The van der Waals surface area contributed by atoms with Gasteiger partial charge in [-0.3, -0.25) is 0 Å². The zero-order valence-corrected chi connectivity index (χ0v) is 37.3. The number of nitrogens with one attached hydrogen (secondary N) is 1. The summed E-state index contributed by atoms with van der Waals surface area (Å²) in [6.45, 7) is 6.70. The second kappa shape index (κ2) is 17.8. The molecule has 0 aliphatic carbocycles. The average Bonchev–Trinajstić information content (AvgIpc) is 3.36. The quantitative estimate of drug-likeness (QED) is 0.128. The zero-order valence-electron chi connectivity index (χ0n) is 37.3. The molecule has 0 spiro atoms. The first-order chi connectivity index (χ1) is 32.0. The van der Waals surface area contributed by atoms with Gasteiger partial charge in [0.25, 0.3) is 0 Å². The van der Waals surface area contributed by atoms with E-state index in [4.69, 9.17) is 0 Å². The van der Waals surface area contributed by atoms with Gasteiger partial charge < -0.3 is 5.32 Å². The summed E-state index contributed by atoms with van der Waals surface area (Å²) in [5.74, 6) is 0. The number of allylic oxidation sites excluding steroid dienone is 2. The number of rotatable bonds is 11. The van der Waals surface area contributed by atoms with Gasteiger partial charge in [-0.05, 0) is 117 Å². The second-order valence-corrected chi connectivity index (χ2v) is 17.5. The monoisotopic (exact) mass is 835 g/mol. The Morgan fingerprint density at radius 3 is 1.11 bits per heavy atom. The molecule has 0 amide bonds. The summed E-state index contributed by atoms with van der Waals surface area (Å²) in [5, 5.41) is 4.12. The molecule has 1 aliphatic rings. The van der Waals surface area contributed by atoms with Crippen molar-refractivity contribution in [2.24, 2.45) is 0 Å². The summed E-state index contributed by atoms with van der Waals surface area (Å²) in [5.41, 5.74) is 18.4. The molecule has 9 aromatic rings. The third-order valence-corrected chi connectivity index (χ3v) is 13.4. The van der Waals surface area contributed by atoms with Crippen LogP contribution in [0.4, 0.5) is 0 Å². The standard InChI is InChI=1S/C64H53N/c1-46-40-47(2)62(48(3)41-46)51-44-60(49-24-22-38-58(42-49)63(52-26-10-4-11-27-52,53-28-12-5-13-29-53)54-30-14-6-15-31-54)65-61(45-51)50-25-23-39-59(43-50)64(55-32-16-7-17-33-55,56-34-18-8-19-35-56)57-36-20-9-21-37-57/h4-45,60,65H,1-3H3. The largest absolute Gasteiger partial charge is 0.374 e. The summed E-state index contributed by atoms with van der Waals surface area (Å²) < 4.78 is 0. The Hall–Kier alpha value is -7.74. The predicted octanol–water partition coefficient (Wildman–Crippen LogP) is 15.1. The van der Waals surface area contributed by atoms with Crippen LogP contribution < -0.4 is 5.32 Å². The second-order valence-electron chi connectivity index (χ2n) is 17.5. The van der Waals surface area contributed by atoms with Gasteiger partial charge in [-0.15, -0.1) is 0 Å². The van der Waals surface area contributed by atoms with Crippen molar-refractivity contribution in [1.82, 2.24) is 5.32 Å². The molecule has 9 aromatic carbocycles. The van der Waals surface area contributed by atoms with Crippen molar-refractivity contribution in [2.45, 2.75) is 37.6 Å². The van der Waals surface area contributed by atoms with Gasteiger partial charge in [-0.2, -0.15) is 0 Å². The van der Waals surface area contributed by atoms with Gasteiger partial charge in [-0.25, -0.2) is 0 Å². The topological polar surface area (TPSA) is 12.0 Å². The van der Waals surface area contributed by atoms with Crippen LogP contribution in [0, 0.1) is 20.8 Å². The van der Waals surface area contributed by atoms with Crippen LogP contribution >= 0.6 is 0 Å². The van der Waals surface area contributed by atoms with Crippen molar-refractivity contribution in [3.05, 3.63) is 333 Å². The lowest BCUT2D eigenvalue weighted by Crippen LogP contribution is -2.31. The van der Waals surface area contributed by atoms with Crippen molar-refractivity contribution >= 4 is 11.3 Å². The van der Waals surface area contributed by atoms with Gasteiger partial charge in [0.05, 0.1) is 16.9 Å². The number of dihydropyridines is 1. The smallest absolute Gasteiger partial charge is 0.0707 e. The molecule has 1 nitrogen and oxygen atoms in total. The van der Waals surface area contributed by atoms with E-state index < -0.39 is 10.8 Å². The van der Waals surface area contributed by atoms with Crippen LogP contribution in [0.5, 0.6) is 0 Å². The van der Waals surface area contributed by atoms with Crippen LogP contribution in [0.2, 0.25) is 0 Å². The first kappa shape index (κ1) is 41.3. The van der Waals surface area contributed by atoms with E-state index in [2.05, 4.69) is 281 Å². The molecule has 0 aromatic heterocycles. The van der Waals surface area contributed by atoms with Crippen LogP contribution in [0.25, 0.3) is 11.3 Å². The Morgan fingerprint density at radius 2 is 0.708 bits per heavy atom. The molecule has 65 heavy (non-hydrogen) atoms. The zero-order chi connectivity index (χ0) is 44.2. The average molecular weight is 836 g/mol. The lowest BCUT2D eigenvalue weighted by molar-refractivity contribution is 0.727. The predicted molar refractivity (Wildman–Crippen MR) is 272 cm³/mol. The highest BCUT2D eigenvalue weighted by molar-refractivity contribution is 5.88. The lowest BCUT2D eigenvalue weighted by Gasteiger charge is -2.38. The van der Waals surface area contributed by atoms with E-state index in [1.807, 2.05) is 0 Å². The Labute approximate surface area is 385 Å². The summed E-state index contributed by atoms with van der Waals surface area (Å²) in [6, 6.07) is 89.0. The van der Waals surface area contributed by atoms with E-state index in [1.165, 1.54) is 77.9 Å². The third kappa shape index (κ3) is 7.54. The number of benzene rings is 9. The fraction of sp³-hybridized carbons (Fsp3) is 0.0938. The minimum Gasteiger partial charge on any atom is -0.374 e. The third-order valence-electron chi connectivity index (χ3n) is 13.4. The van der Waals surface area contributed by atoms with E-state index in [1.54, 1.807) is 0 Å². The molecule has 1 unspecified atom stereocenters. The van der Waals surface area contributed by atoms with Crippen molar-refractivity contribution in [1.29, 1.82) is 0 Å².